The molecule has 17 nitrogen and oxygen atoms in total. The average molecular weight is 1310 g/mol. The first-order valence-electron chi connectivity index (χ1n) is 36.3. The number of phosphoric acid groups is 2. The van der Waals surface area contributed by atoms with Crippen LogP contribution in [-0.2, 0) is 65.4 Å². The number of aliphatic hydroxyl groups excluding tert-OH is 1. The minimum Gasteiger partial charge on any atom is -0.462 e. The number of carbonyl (C=O) groups excluding carboxylic acids is 4. The van der Waals surface area contributed by atoms with Crippen LogP contribution in [0.25, 0.3) is 0 Å². The lowest BCUT2D eigenvalue weighted by Gasteiger charge is -2.21. The summed E-state index contributed by atoms with van der Waals surface area (Å²) in [6.07, 6.45) is 44.5. The zero-order chi connectivity index (χ0) is 65.9. The lowest BCUT2D eigenvalue weighted by molar-refractivity contribution is -0.161. The summed E-state index contributed by atoms with van der Waals surface area (Å²) in [7, 11) is -9.90. The lowest BCUT2D eigenvalue weighted by atomic mass is 10.0. The summed E-state index contributed by atoms with van der Waals surface area (Å²) in [5.74, 6) is 0.165. The largest absolute Gasteiger partial charge is 0.472 e. The third kappa shape index (κ3) is 64.6. The number of hydrogen-bond acceptors (Lipinski definition) is 15. The molecule has 0 saturated carbocycles. The lowest BCUT2D eigenvalue weighted by Crippen LogP contribution is -2.30. The summed E-state index contributed by atoms with van der Waals surface area (Å²) >= 11 is 0. The van der Waals surface area contributed by atoms with Crippen LogP contribution in [0.4, 0.5) is 0 Å². The Labute approximate surface area is 543 Å². The van der Waals surface area contributed by atoms with Crippen molar-refractivity contribution in [1.29, 1.82) is 0 Å². The molecule has 2 unspecified atom stereocenters. The van der Waals surface area contributed by atoms with Gasteiger partial charge in [-0.2, -0.15) is 0 Å². The SMILES string of the molecule is CCCCCCCCCC(=O)OC[C@H](COP(=O)(O)OC[C@H](O)COP(=O)(O)OC[C@@H](COC(=O)CCCCCCCCCCCCCCC(C)C)OC(=O)CCCCCCCCCCCCCCC(C)C)OC(=O)CCCCCCCCCCCC(C)C. The van der Waals surface area contributed by atoms with E-state index in [2.05, 4.69) is 48.5 Å². The molecule has 0 aliphatic carbocycles. The summed E-state index contributed by atoms with van der Waals surface area (Å²) in [5, 5.41) is 10.6. The van der Waals surface area contributed by atoms with Crippen LogP contribution in [0.3, 0.4) is 0 Å². The van der Waals surface area contributed by atoms with Gasteiger partial charge in [0.2, 0.25) is 0 Å². The molecule has 0 aromatic carbocycles. The van der Waals surface area contributed by atoms with Crippen molar-refractivity contribution in [3.05, 3.63) is 0 Å². The highest BCUT2D eigenvalue weighted by Gasteiger charge is 2.30. The molecule has 0 heterocycles. The molecule has 0 aliphatic heterocycles. The monoisotopic (exact) mass is 1310 g/mol. The van der Waals surface area contributed by atoms with Crippen LogP contribution in [0, 0.1) is 17.8 Å². The van der Waals surface area contributed by atoms with E-state index in [1.807, 2.05) is 0 Å². The quantitative estimate of drug-likeness (QED) is 0.0222. The van der Waals surface area contributed by atoms with Crippen molar-refractivity contribution in [2.24, 2.45) is 17.8 Å². The Kier molecular flexibility index (Phi) is 59.6. The van der Waals surface area contributed by atoms with E-state index >= 15 is 0 Å². The summed E-state index contributed by atoms with van der Waals surface area (Å²) in [6.45, 7) is 11.8. The number of hydrogen-bond donors (Lipinski definition) is 3. The second kappa shape index (κ2) is 61.0. The Morgan fingerprint density at radius 3 is 0.764 bits per heavy atom. The number of rotatable bonds is 68. The molecule has 19 heteroatoms. The highest BCUT2D eigenvalue weighted by atomic mass is 31.2. The van der Waals surface area contributed by atoms with Gasteiger partial charge in [-0.1, -0.05) is 299 Å². The standard InChI is InChI=1S/C70H136O17P2/c1-8-9-10-11-27-37-44-51-67(72)80-57-65(86-70(75)54-47-40-33-26-20-23-30-36-43-50-63(6)7)59-84-88(76,77)82-55-64(71)56-83-89(78,79)85-60-66(87-69(74)53-46-39-32-25-19-15-13-17-22-29-35-42-49-62(4)5)58-81-68(73)52-45-38-31-24-18-14-12-16-21-28-34-41-48-61(2)3/h61-66,71H,8-60H2,1-7H3,(H,76,77)(H,78,79)/t64-,65+,66+/m0/s1. The predicted molar refractivity (Wildman–Crippen MR) is 358 cm³/mol. The third-order valence-electron chi connectivity index (χ3n) is 16.1. The van der Waals surface area contributed by atoms with Gasteiger partial charge in [-0.3, -0.25) is 37.3 Å². The van der Waals surface area contributed by atoms with E-state index in [1.165, 1.54) is 148 Å². The molecule has 89 heavy (non-hydrogen) atoms. The Balaban J connectivity index is 5.22. The van der Waals surface area contributed by atoms with E-state index in [9.17, 15) is 43.2 Å². The van der Waals surface area contributed by atoms with Crippen LogP contribution < -0.4 is 0 Å². The number of phosphoric ester groups is 2. The predicted octanol–water partition coefficient (Wildman–Crippen LogP) is 19.8. The molecular weight excluding hydrogens is 1170 g/mol. The number of carbonyl (C=O) groups is 4. The van der Waals surface area contributed by atoms with Crippen LogP contribution in [0.15, 0.2) is 0 Å². The average Bonchev–Trinajstić information content (AvgIpc) is 3.67. The van der Waals surface area contributed by atoms with Crippen molar-refractivity contribution in [3.63, 3.8) is 0 Å². The van der Waals surface area contributed by atoms with Crippen LogP contribution in [0.2, 0.25) is 0 Å². The van der Waals surface area contributed by atoms with E-state index in [0.29, 0.717) is 25.7 Å². The minimum atomic E-state index is -4.95. The molecule has 0 rings (SSSR count). The maximum Gasteiger partial charge on any atom is 0.472 e. The number of ether oxygens (including phenoxy) is 4. The number of unbranched alkanes of at least 4 members (excludes halogenated alkanes) is 36. The number of esters is 4. The molecule has 0 amide bonds. The summed E-state index contributed by atoms with van der Waals surface area (Å²) in [5.41, 5.74) is 0. The smallest absolute Gasteiger partial charge is 0.462 e. The van der Waals surface area contributed by atoms with E-state index in [4.69, 9.17) is 37.0 Å². The summed E-state index contributed by atoms with van der Waals surface area (Å²) in [4.78, 5) is 72.4. The van der Waals surface area contributed by atoms with Gasteiger partial charge in [0.15, 0.2) is 12.2 Å². The van der Waals surface area contributed by atoms with Crippen molar-refractivity contribution >= 4 is 39.5 Å². The molecule has 0 saturated heterocycles. The normalized spacial score (nSPS) is 14.2. The maximum absolute atomic E-state index is 13.0. The molecule has 528 valence electrons. The Morgan fingerprint density at radius 2 is 0.517 bits per heavy atom. The van der Waals surface area contributed by atoms with Crippen molar-refractivity contribution < 1.29 is 80.2 Å². The van der Waals surface area contributed by atoms with Gasteiger partial charge < -0.3 is 33.8 Å². The second-order valence-corrected chi connectivity index (χ2v) is 29.6. The first kappa shape index (κ1) is 87.1. The first-order valence-corrected chi connectivity index (χ1v) is 39.3. The van der Waals surface area contributed by atoms with Crippen molar-refractivity contribution in [3.8, 4) is 0 Å². The summed E-state index contributed by atoms with van der Waals surface area (Å²) in [6, 6.07) is 0. The van der Waals surface area contributed by atoms with Gasteiger partial charge in [-0.25, -0.2) is 9.13 Å². The molecule has 0 fully saturated rings. The maximum atomic E-state index is 13.0. The van der Waals surface area contributed by atoms with Gasteiger partial charge in [-0.05, 0) is 43.4 Å². The molecular formula is C70H136O17P2. The van der Waals surface area contributed by atoms with E-state index in [0.717, 1.165) is 120 Å². The van der Waals surface area contributed by atoms with Gasteiger partial charge in [0, 0.05) is 25.7 Å². The Bertz CT molecular complexity index is 1750. The topological polar surface area (TPSA) is 237 Å². The van der Waals surface area contributed by atoms with E-state index in [-0.39, 0.29) is 25.7 Å². The van der Waals surface area contributed by atoms with Gasteiger partial charge in [-0.15, -0.1) is 0 Å². The molecule has 0 bridgehead atoms. The fourth-order valence-electron chi connectivity index (χ4n) is 10.5. The molecule has 0 aromatic heterocycles. The second-order valence-electron chi connectivity index (χ2n) is 26.7. The van der Waals surface area contributed by atoms with E-state index in [1.54, 1.807) is 0 Å². The van der Waals surface area contributed by atoms with Crippen LogP contribution >= 0.6 is 15.6 Å². The van der Waals surface area contributed by atoms with Crippen molar-refractivity contribution in [2.45, 2.75) is 369 Å². The molecule has 3 N–H and O–H groups in total. The molecule has 0 aromatic rings. The van der Waals surface area contributed by atoms with Gasteiger partial charge in [0.05, 0.1) is 26.4 Å². The fraction of sp³-hybridized carbons (Fsp3) is 0.943. The number of aliphatic hydroxyl groups is 1. The van der Waals surface area contributed by atoms with Crippen LogP contribution in [-0.4, -0.2) is 96.7 Å². The van der Waals surface area contributed by atoms with Gasteiger partial charge in [0.25, 0.3) is 0 Å². The Hall–Kier alpha value is -1.94. The molecule has 0 aliphatic rings. The van der Waals surface area contributed by atoms with Crippen molar-refractivity contribution in [2.75, 3.05) is 39.6 Å². The van der Waals surface area contributed by atoms with Crippen LogP contribution in [0.1, 0.15) is 350 Å². The fourth-order valence-corrected chi connectivity index (χ4v) is 12.1. The molecule has 5 atom stereocenters. The minimum absolute atomic E-state index is 0.105. The molecule has 0 radical (unpaired) electrons. The highest BCUT2D eigenvalue weighted by molar-refractivity contribution is 7.47. The Morgan fingerprint density at radius 1 is 0.303 bits per heavy atom. The first-order chi connectivity index (χ1) is 42.7. The highest BCUT2D eigenvalue weighted by Crippen LogP contribution is 2.45. The van der Waals surface area contributed by atoms with Gasteiger partial charge in [0.1, 0.15) is 19.3 Å². The van der Waals surface area contributed by atoms with Crippen LogP contribution in [0.5, 0.6) is 0 Å². The van der Waals surface area contributed by atoms with E-state index < -0.39 is 97.5 Å². The summed E-state index contributed by atoms with van der Waals surface area (Å²) < 4.78 is 68.2. The van der Waals surface area contributed by atoms with Gasteiger partial charge >= 0.3 is 39.5 Å². The third-order valence-corrected chi connectivity index (χ3v) is 18.0. The van der Waals surface area contributed by atoms with Crippen molar-refractivity contribution in [1.82, 2.24) is 0 Å². The molecule has 0 spiro atoms. The zero-order valence-electron chi connectivity index (χ0n) is 57.9. The zero-order valence-corrected chi connectivity index (χ0v) is 59.7.